The zero-order valence-electron chi connectivity index (χ0n) is 13.8. The molecule has 0 aromatic heterocycles. The van der Waals surface area contributed by atoms with Gasteiger partial charge in [0.1, 0.15) is 13.2 Å². The van der Waals surface area contributed by atoms with Crippen LogP contribution in [0.4, 0.5) is 11.4 Å². The minimum absolute atomic E-state index is 0.0685. The molecule has 6 nitrogen and oxygen atoms in total. The number of fused-ring (bicyclic) bond motifs is 2. The van der Waals surface area contributed by atoms with Crippen molar-refractivity contribution in [1.82, 2.24) is 0 Å². The van der Waals surface area contributed by atoms with Crippen LogP contribution in [0.15, 0.2) is 42.5 Å². The second-order valence-electron chi connectivity index (χ2n) is 6.12. The average molecular weight is 338 g/mol. The van der Waals surface area contributed by atoms with Gasteiger partial charge in [-0.2, -0.15) is 0 Å². The molecular weight excluding hydrogens is 320 g/mol. The Labute approximate surface area is 145 Å². The van der Waals surface area contributed by atoms with Crippen LogP contribution >= 0.6 is 0 Å². The molecule has 1 unspecified atom stereocenters. The number of ether oxygens (including phenoxy) is 2. The summed E-state index contributed by atoms with van der Waals surface area (Å²) in [4.78, 5) is 26.6. The molecule has 1 atom stereocenters. The molecule has 2 aromatic rings. The molecule has 2 aromatic carbocycles. The molecule has 0 aliphatic carbocycles. The third-order valence-corrected chi connectivity index (χ3v) is 4.55. The Morgan fingerprint density at radius 3 is 2.72 bits per heavy atom. The summed E-state index contributed by atoms with van der Waals surface area (Å²) < 4.78 is 11.0. The molecule has 25 heavy (non-hydrogen) atoms. The van der Waals surface area contributed by atoms with Crippen molar-refractivity contribution in [2.75, 3.05) is 30.5 Å². The first kappa shape index (κ1) is 15.5. The lowest BCUT2D eigenvalue weighted by Gasteiger charge is -2.31. The van der Waals surface area contributed by atoms with Gasteiger partial charge in [0.2, 0.25) is 11.8 Å². The molecule has 4 rings (SSSR count). The van der Waals surface area contributed by atoms with Crippen LogP contribution in [0.2, 0.25) is 0 Å². The summed E-state index contributed by atoms with van der Waals surface area (Å²) >= 11 is 0. The number of rotatable bonds is 2. The number of carbonyl (C=O) groups excluding carboxylic acids is 2. The van der Waals surface area contributed by atoms with Crippen LogP contribution < -0.4 is 19.7 Å². The van der Waals surface area contributed by atoms with Gasteiger partial charge >= 0.3 is 0 Å². The number of anilines is 2. The van der Waals surface area contributed by atoms with Gasteiger partial charge in [0.05, 0.1) is 5.92 Å². The molecule has 0 saturated heterocycles. The average Bonchev–Trinajstić information content (AvgIpc) is 2.64. The predicted molar refractivity (Wildman–Crippen MR) is 93.3 cm³/mol. The highest BCUT2D eigenvalue weighted by Gasteiger charge is 2.33. The van der Waals surface area contributed by atoms with Crippen molar-refractivity contribution in [1.29, 1.82) is 0 Å². The van der Waals surface area contributed by atoms with Crippen LogP contribution in [0.3, 0.4) is 0 Å². The van der Waals surface area contributed by atoms with Crippen molar-refractivity contribution in [3.05, 3.63) is 48.0 Å². The molecule has 0 radical (unpaired) electrons. The fraction of sp³-hybridized carbons (Fsp3) is 0.263. The SMILES string of the molecule is CN1C(=O)CC(C(=O)Nc2ccc3c(c2)OCCO3)c2ccccc21. The minimum Gasteiger partial charge on any atom is -0.486 e. The minimum atomic E-state index is -0.506. The highest BCUT2D eigenvalue weighted by Crippen LogP contribution is 2.37. The monoisotopic (exact) mass is 338 g/mol. The van der Waals surface area contributed by atoms with E-state index in [0.717, 1.165) is 11.3 Å². The van der Waals surface area contributed by atoms with E-state index in [-0.39, 0.29) is 18.2 Å². The van der Waals surface area contributed by atoms with Gasteiger partial charge in [-0.15, -0.1) is 0 Å². The number of para-hydroxylation sites is 1. The summed E-state index contributed by atoms with van der Waals surface area (Å²) in [5, 5.41) is 2.89. The van der Waals surface area contributed by atoms with Crippen molar-refractivity contribution < 1.29 is 19.1 Å². The molecule has 6 heteroatoms. The van der Waals surface area contributed by atoms with Gasteiger partial charge in [-0.25, -0.2) is 0 Å². The summed E-state index contributed by atoms with van der Waals surface area (Å²) in [5.41, 5.74) is 2.26. The van der Waals surface area contributed by atoms with Gasteiger partial charge in [0, 0.05) is 30.9 Å². The van der Waals surface area contributed by atoms with Crippen molar-refractivity contribution >= 4 is 23.2 Å². The number of hydrogen-bond acceptors (Lipinski definition) is 4. The van der Waals surface area contributed by atoms with Gasteiger partial charge in [-0.1, -0.05) is 18.2 Å². The van der Waals surface area contributed by atoms with Gasteiger partial charge in [-0.05, 0) is 23.8 Å². The lowest BCUT2D eigenvalue weighted by atomic mass is 9.89. The van der Waals surface area contributed by atoms with Crippen LogP contribution in [0.1, 0.15) is 17.9 Å². The third-order valence-electron chi connectivity index (χ3n) is 4.55. The van der Waals surface area contributed by atoms with Gasteiger partial charge in [0.15, 0.2) is 11.5 Å². The lowest BCUT2D eigenvalue weighted by Crippen LogP contribution is -2.37. The number of nitrogens with zero attached hydrogens (tertiary/aromatic N) is 1. The smallest absolute Gasteiger partial charge is 0.232 e. The number of carbonyl (C=O) groups is 2. The Kier molecular flexibility index (Phi) is 3.80. The fourth-order valence-corrected chi connectivity index (χ4v) is 3.23. The largest absolute Gasteiger partial charge is 0.486 e. The molecule has 2 aliphatic heterocycles. The standard InChI is InChI=1S/C19H18N2O4/c1-21-15-5-3-2-4-13(15)14(11-18(21)22)19(23)20-12-6-7-16-17(10-12)25-9-8-24-16/h2-7,10,14H,8-9,11H2,1H3,(H,20,23). The van der Waals surface area contributed by atoms with E-state index in [1.807, 2.05) is 24.3 Å². The summed E-state index contributed by atoms with van der Waals surface area (Å²) in [6.45, 7) is 1.01. The van der Waals surface area contributed by atoms with Crippen LogP contribution in [0.25, 0.3) is 0 Å². The Bertz CT molecular complexity index is 849. The Morgan fingerprint density at radius 2 is 1.88 bits per heavy atom. The number of nitrogens with one attached hydrogen (secondary N) is 1. The summed E-state index contributed by atoms with van der Waals surface area (Å²) in [7, 11) is 1.73. The number of hydrogen-bond donors (Lipinski definition) is 1. The second-order valence-corrected chi connectivity index (χ2v) is 6.12. The molecular formula is C19H18N2O4. The molecule has 0 bridgehead atoms. The van der Waals surface area contributed by atoms with E-state index in [9.17, 15) is 9.59 Å². The number of benzene rings is 2. The molecule has 2 aliphatic rings. The maximum Gasteiger partial charge on any atom is 0.232 e. The van der Waals surface area contributed by atoms with Crippen molar-refractivity contribution in [2.45, 2.75) is 12.3 Å². The number of amides is 2. The molecule has 1 N–H and O–H groups in total. The topological polar surface area (TPSA) is 67.9 Å². The molecule has 0 fully saturated rings. The van der Waals surface area contributed by atoms with Crippen molar-refractivity contribution in [3.63, 3.8) is 0 Å². The zero-order chi connectivity index (χ0) is 17.4. The first-order chi connectivity index (χ1) is 12.1. The van der Waals surface area contributed by atoms with Crippen LogP contribution in [-0.2, 0) is 9.59 Å². The Balaban J connectivity index is 1.59. The molecule has 2 amide bonds. The molecule has 2 heterocycles. The van der Waals surface area contributed by atoms with E-state index in [1.165, 1.54) is 0 Å². The van der Waals surface area contributed by atoms with Gasteiger partial charge in [0.25, 0.3) is 0 Å². The van der Waals surface area contributed by atoms with E-state index in [1.54, 1.807) is 30.1 Å². The van der Waals surface area contributed by atoms with Gasteiger partial charge in [-0.3, -0.25) is 9.59 Å². The van der Waals surface area contributed by atoms with Crippen molar-refractivity contribution in [2.24, 2.45) is 0 Å². The van der Waals surface area contributed by atoms with Gasteiger partial charge < -0.3 is 19.7 Å². The van der Waals surface area contributed by atoms with E-state index in [0.29, 0.717) is 30.4 Å². The maximum absolute atomic E-state index is 12.8. The fourth-order valence-electron chi connectivity index (χ4n) is 3.23. The van der Waals surface area contributed by atoms with E-state index in [2.05, 4.69) is 5.32 Å². The maximum atomic E-state index is 12.8. The molecule has 0 saturated carbocycles. The van der Waals surface area contributed by atoms with Crippen LogP contribution in [0.5, 0.6) is 11.5 Å². The lowest BCUT2D eigenvalue weighted by molar-refractivity contribution is -0.124. The van der Waals surface area contributed by atoms with E-state index < -0.39 is 5.92 Å². The first-order valence-corrected chi connectivity index (χ1v) is 8.19. The quantitative estimate of drug-likeness (QED) is 0.914. The first-order valence-electron chi connectivity index (χ1n) is 8.19. The normalized spacial score (nSPS) is 18.5. The molecule has 0 spiro atoms. The summed E-state index contributed by atoms with van der Waals surface area (Å²) in [6.07, 6.45) is 0.157. The van der Waals surface area contributed by atoms with Crippen LogP contribution in [-0.4, -0.2) is 32.1 Å². The highest BCUT2D eigenvalue weighted by atomic mass is 16.6. The van der Waals surface area contributed by atoms with Crippen LogP contribution in [0, 0.1) is 0 Å². The van der Waals surface area contributed by atoms with E-state index >= 15 is 0 Å². The molecule has 128 valence electrons. The Hall–Kier alpha value is -3.02. The van der Waals surface area contributed by atoms with E-state index in [4.69, 9.17) is 9.47 Å². The highest BCUT2D eigenvalue weighted by molar-refractivity contribution is 6.06. The second kappa shape index (κ2) is 6.12. The Morgan fingerprint density at radius 1 is 1.12 bits per heavy atom. The predicted octanol–water partition coefficient (Wildman–Crippen LogP) is 2.55. The summed E-state index contributed by atoms with van der Waals surface area (Å²) in [5.74, 6) is 0.507. The zero-order valence-corrected chi connectivity index (χ0v) is 13.8. The van der Waals surface area contributed by atoms with Crippen molar-refractivity contribution in [3.8, 4) is 11.5 Å². The summed E-state index contributed by atoms with van der Waals surface area (Å²) in [6, 6.07) is 12.8. The third kappa shape index (κ3) is 2.80.